The normalized spacial score (nSPS) is 20.4. The summed E-state index contributed by atoms with van der Waals surface area (Å²) in [6, 6.07) is 4.89. The number of nitrogens with one attached hydrogen (secondary N) is 3. The van der Waals surface area contributed by atoms with Crippen LogP contribution in [0.2, 0.25) is 0 Å². The maximum atomic E-state index is 12.6. The van der Waals surface area contributed by atoms with Crippen molar-refractivity contribution in [2.24, 2.45) is 5.92 Å². The Morgan fingerprint density at radius 2 is 1.78 bits per heavy atom. The van der Waals surface area contributed by atoms with Gasteiger partial charge in [-0.1, -0.05) is 19.1 Å². The van der Waals surface area contributed by atoms with E-state index in [-0.39, 0.29) is 16.8 Å². The van der Waals surface area contributed by atoms with Gasteiger partial charge in [-0.2, -0.15) is 0 Å². The van der Waals surface area contributed by atoms with E-state index >= 15 is 0 Å². The number of rotatable bonds is 9. The zero-order valence-corrected chi connectivity index (χ0v) is 21.9. The first-order valence-electron chi connectivity index (χ1n) is 12.3. The molecule has 11 heteroatoms. The second-order valence-electron chi connectivity index (χ2n) is 9.38. The number of hydrogen-bond acceptors (Lipinski definition) is 6. The molecule has 1 saturated carbocycles. The monoisotopic (exact) mass is 520 g/mol. The minimum absolute atomic E-state index is 0.0226. The minimum Gasteiger partial charge on any atom is -0.384 e. The van der Waals surface area contributed by atoms with Gasteiger partial charge in [0, 0.05) is 31.9 Å². The standard InChI is InChI=1S/C25H36N4O6S/c1-4-22-17(2)15-29(23(22)30)25(32)26-14-13-18-7-11-21(12-8-18)36(33,34)28-24(31)27-20-9-5-19(6-10-20)16-35-3/h7-8,11-12,19-20H,4-6,9-10,13-16H2,1-3H3,(H,26,32)(H2,27,28,31). The molecule has 0 spiro atoms. The molecule has 0 aromatic heterocycles. The first-order valence-corrected chi connectivity index (χ1v) is 13.8. The number of amides is 5. The van der Waals surface area contributed by atoms with Crippen molar-refractivity contribution in [3.63, 3.8) is 0 Å². The minimum atomic E-state index is -4.01. The van der Waals surface area contributed by atoms with E-state index in [1.807, 2.05) is 13.8 Å². The highest BCUT2D eigenvalue weighted by Gasteiger charge is 2.31. The Morgan fingerprint density at radius 1 is 1.11 bits per heavy atom. The van der Waals surface area contributed by atoms with Crippen molar-refractivity contribution in [3.8, 4) is 0 Å². The molecule has 1 heterocycles. The highest BCUT2D eigenvalue weighted by atomic mass is 32.2. The van der Waals surface area contributed by atoms with Gasteiger partial charge in [0.2, 0.25) is 0 Å². The Balaban J connectivity index is 1.44. The van der Waals surface area contributed by atoms with Crippen LogP contribution in [-0.4, -0.2) is 64.1 Å². The first-order chi connectivity index (χ1) is 17.1. The fourth-order valence-corrected chi connectivity index (χ4v) is 5.63. The molecule has 10 nitrogen and oxygen atoms in total. The van der Waals surface area contributed by atoms with E-state index in [0.29, 0.717) is 44.0 Å². The van der Waals surface area contributed by atoms with Crippen LogP contribution in [0.3, 0.4) is 0 Å². The Hall–Kier alpha value is -2.92. The summed E-state index contributed by atoms with van der Waals surface area (Å²) in [6.45, 7) is 5.04. The predicted octanol–water partition coefficient (Wildman–Crippen LogP) is 2.70. The van der Waals surface area contributed by atoms with E-state index in [0.717, 1.165) is 36.8 Å². The number of carbonyl (C=O) groups excluding carboxylic acids is 3. The zero-order valence-electron chi connectivity index (χ0n) is 21.1. The van der Waals surface area contributed by atoms with Gasteiger partial charge in [-0.05, 0) is 74.6 Å². The molecule has 1 aromatic rings. The summed E-state index contributed by atoms with van der Waals surface area (Å²) in [5.74, 6) is 0.224. The average Bonchev–Trinajstić information content (AvgIpc) is 3.13. The SMILES string of the molecule is CCC1=C(C)CN(C(=O)NCCc2ccc(S(=O)(=O)NC(=O)NC3CCC(COC)CC3)cc2)C1=O. The summed E-state index contributed by atoms with van der Waals surface area (Å²) in [5, 5.41) is 5.49. The number of benzene rings is 1. The van der Waals surface area contributed by atoms with Gasteiger partial charge in [0.25, 0.3) is 15.9 Å². The second-order valence-corrected chi connectivity index (χ2v) is 11.1. The van der Waals surface area contributed by atoms with Gasteiger partial charge in [-0.15, -0.1) is 0 Å². The third-order valence-electron chi connectivity index (χ3n) is 6.75. The van der Waals surface area contributed by atoms with Crippen molar-refractivity contribution in [2.45, 2.75) is 63.3 Å². The summed E-state index contributed by atoms with van der Waals surface area (Å²) in [6.07, 6.45) is 4.48. The molecule has 1 aromatic carbocycles. The number of imide groups is 1. The lowest BCUT2D eigenvalue weighted by atomic mass is 9.86. The van der Waals surface area contributed by atoms with Gasteiger partial charge in [0.15, 0.2) is 0 Å². The van der Waals surface area contributed by atoms with E-state index in [1.165, 1.54) is 17.0 Å². The van der Waals surface area contributed by atoms with Crippen LogP contribution in [-0.2, 0) is 26.0 Å². The molecule has 3 N–H and O–H groups in total. The van der Waals surface area contributed by atoms with Crippen molar-refractivity contribution in [1.82, 2.24) is 20.3 Å². The molecule has 36 heavy (non-hydrogen) atoms. The zero-order chi connectivity index (χ0) is 26.3. The Labute approximate surface area is 212 Å². The van der Waals surface area contributed by atoms with Crippen LogP contribution in [0.4, 0.5) is 9.59 Å². The molecule has 2 aliphatic rings. The molecule has 0 saturated heterocycles. The molecule has 0 bridgehead atoms. The van der Waals surface area contributed by atoms with E-state index in [1.54, 1.807) is 19.2 Å². The molecule has 0 unspecified atom stereocenters. The van der Waals surface area contributed by atoms with Crippen molar-refractivity contribution in [1.29, 1.82) is 0 Å². The van der Waals surface area contributed by atoms with E-state index < -0.39 is 22.1 Å². The van der Waals surface area contributed by atoms with Crippen molar-refractivity contribution >= 4 is 28.0 Å². The van der Waals surface area contributed by atoms with Crippen molar-refractivity contribution in [2.75, 3.05) is 26.8 Å². The van der Waals surface area contributed by atoms with Gasteiger partial charge in [0.1, 0.15) is 0 Å². The fourth-order valence-electron chi connectivity index (χ4n) is 4.72. The first kappa shape index (κ1) is 27.7. The smallest absolute Gasteiger partial charge is 0.328 e. The third kappa shape index (κ3) is 7.07. The molecule has 5 amide bonds. The largest absolute Gasteiger partial charge is 0.384 e. The van der Waals surface area contributed by atoms with Crippen molar-refractivity contribution in [3.05, 3.63) is 41.0 Å². The topological polar surface area (TPSA) is 134 Å². The fraction of sp³-hybridized carbons (Fsp3) is 0.560. The van der Waals surface area contributed by atoms with Gasteiger partial charge >= 0.3 is 12.1 Å². The number of ether oxygens (including phenoxy) is 1. The molecule has 198 valence electrons. The number of nitrogens with zero attached hydrogens (tertiary/aromatic N) is 1. The lowest BCUT2D eigenvalue weighted by molar-refractivity contribution is -0.123. The Kier molecular flexibility index (Phi) is 9.49. The van der Waals surface area contributed by atoms with Gasteiger partial charge in [0.05, 0.1) is 11.4 Å². The molecule has 0 atom stereocenters. The molecule has 1 fully saturated rings. The maximum absolute atomic E-state index is 12.6. The van der Waals surface area contributed by atoms with Crippen LogP contribution < -0.4 is 15.4 Å². The Bertz CT molecular complexity index is 1090. The average molecular weight is 521 g/mol. The van der Waals surface area contributed by atoms with Crippen LogP contribution >= 0.6 is 0 Å². The molecule has 0 radical (unpaired) electrons. The third-order valence-corrected chi connectivity index (χ3v) is 8.09. The van der Waals surface area contributed by atoms with Gasteiger partial charge in [-0.3, -0.25) is 9.69 Å². The number of carbonyl (C=O) groups is 3. The summed E-state index contributed by atoms with van der Waals surface area (Å²) in [5.41, 5.74) is 2.40. The van der Waals surface area contributed by atoms with Crippen LogP contribution in [0.5, 0.6) is 0 Å². The lowest BCUT2D eigenvalue weighted by Gasteiger charge is -2.28. The highest BCUT2D eigenvalue weighted by molar-refractivity contribution is 7.90. The molecule has 1 aliphatic carbocycles. The van der Waals surface area contributed by atoms with E-state index in [2.05, 4.69) is 15.4 Å². The lowest BCUT2D eigenvalue weighted by Crippen LogP contribution is -2.45. The quantitative estimate of drug-likeness (QED) is 0.458. The number of sulfonamides is 1. The highest BCUT2D eigenvalue weighted by Crippen LogP contribution is 2.24. The molecular weight excluding hydrogens is 484 g/mol. The van der Waals surface area contributed by atoms with E-state index in [4.69, 9.17) is 4.74 Å². The van der Waals surface area contributed by atoms with Gasteiger partial charge < -0.3 is 15.4 Å². The van der Waals surface area contributed by atoms with Gasteiger partial charge in [-0.25, -0.2) is 22.7 Å². The number of hydrogen-bond donors (Lipinski definition) is 3. The molecular formula is C25H36N4O6S. The van der Waals surface area contributed by atoms with Crippen molar-refractivity contribution < 1.29 is 27.5 Å². The van der Waals surface area contributed by atoms with Crippen LogP contribution in [0.1, 0.15) is 51.5 Å². The number of urea groups is 2. The Morgan fingerprint density at radius 3 is 2.36 bits per heavy atom. The van der Waals surface area contributed by atoms with Crippen LogP contribution in [0.15, 0.2) is 40.3 Å². The number of methoxy groups -OCH3 is 1. The van der Waals surface area contributed by atoms with Crippen LogP contribution in [0, 0.1) is 5.92 Å². The summed E-state index contributed by atoms with van der Waals surface area (Å²) >= 11 is 0. The second kappa shape index (κ2) is 12.4. The summed E-state index contributed by atoms with van der Waals surface area (Å²) < 4.78 is 32.5. The maximum Gasteiger partial charge on any atom is 0.328 e. The summed E-state index contributed by atoms with van der Waals surface area (Å²) in [4.78, 5) is 38.1. The van der Waals surface area contributed by atoms with E-state index in [9.17, 15) is 22.8 Å². The predicted molar refractivity (Wildman–Crippen MR) is 135 cm³/mol. The van der Waals surface area contributed by atoms with Crippen LogP contribution in [0.25, 0.3) is 0 Å². The molecule has 1 aliphatic heterocycles. The summed E-state index contributed by atoms with van der Waals surface area (Å²) in [7, 11) is -2.34. The molecule has 3 rings (SSSR count).